The van der Waals surface area contributed by atoms with Gasteiger partial charge < -0.3 is 9.84 Å². The van der Waals surface area contributed by atoms with Crippen LogP contribution in [0, 0.1) is 12.8 Å². The Kier molecular flexibility index (Phi) is 5.51. The maximum absolute atomic E-state index is 5.43. The average Bonchev–Trinajstić information content (AvgIpc) is 2.87. The van der Waals surface area contributed by atoms with Gasteiger partial charge in [0.25, 0.3) is 0 Å². The normalized spacial score (nSPS) is 12.8. The number of likely N-dealkylation sites (N-methyl/N-ethyl adjacent to an activating group) is 1. The molecule has 0 amide bonds. The molecule has 0 aliphatic rings. The van der Waals surface area contributed by atoms with Crippen LogP contribution in [-0.2, 0) is 6.42 Å². The molecule has 0 saturated heterocycles. The van der Waals surface area contributed by atoms with Gasteiger partial charge in [-0.2, -0.15) is 4.98 Å². The first-order valence-corrected chi connectivity index (χ1v) is 7.72. The molecule has 0 aliphatic heterocycles. The number of benzene rings is 1. The number of aromatic nitrogens is 2. The van der Waals surface area contributed by atoms with E-state index in [1.807, 2.05) is 18.2 Å². The van der Waals surface area contributed by atoms with Crippen molar-refractivity contribution in [3.8, 4) is 11.4 Å². The molecule has 1 unspecified atom stereocenters. The quantitative estimate of drug-likeness (QED) is 0.845. The van der Waals surface area contributed by atoms with Crippen molar-refractivity contribution >= 4 is 0 Å². The van der Waals surface area contributed by atoms with E-state index in [0.29, 0.717) is 23.7 Å². The van der Waals surface area contributed by atoms with Crippen molar-refractivity contribution in [2.24, 2.45) is 5.92 Å². The van der Waals surface area contributed by atoms with E-state index in [2.05, 4.69) is 49.2 Å². The maximum Gasteiger partial charge on any atom is 0.228 e. The molecule has 1 aromatic heterocycles. The van der Waals surface area contributed by atoms with Crippen molar-refractivity contribution in [3.05, 3.63) is 35.7 Å². The maximum atomic E-state index is 5.43. The highest BCUT2D eigenvalue weighted by Gasteiger charge is 2.16. The molecule has 1 aromatic carbocycles. The van der Waals surface area contributed by atoms with Gasteiger partial charge in [-0.1, -0.05) is 50.2 Å². The topological polar surface area (TPSA) is 51.0 Å². The molecule has 2 aromatic rings. The summed E-state index contributed by atoms with van der Waals surface area (Å²) >= 11 is 0. The van der Waals surface area contributed by atoms with Crippen molar-refractivity contribution in [3.63, 3.8) is 0 Å². The summed E-state index contributed by atoms with van der Waals surface area (Å²) in [5, 5.41) is 7.62. The Labute approximate surface area is 127 Å². The lowest BCUT2D eigenvalue weighted by Gasteiger charge is -2.17. The fourth-order valence-corrected chi connectivity index (χ4v) is 2.58. The Balaban J connectivity index is 2.10. The lowest BCUT2D eigenvalue weighted by atomic mass is 10.0. The summed E-state index contributed by atoms with van der Waals surface area (Å²) in [6.07, 6.45) is 1.89. The SMILES string of the molecule is CCNC(Cc1nc(-c2ccccc2C)no1)CC(C)C. The van der Waals surface area contributed by atoms with Gasteiger partial charge in [-0.3, -0.25) is 0 Å². The van der Waals surface area contributed by atoms with Crippen molar-refractivity contribution in [2.75, 3.05) is 6.54 Å². The second kappa shape index (κ2) is 7.36. The number of nitrogens with one attached hydrogen (secondary N) is 1. The zero-order chi connectivity index (χ0) is 15.2. The number of hydrogen-bond acceptors (Lipinski definition) is 4. The molecule has 1 N–H and O–H groups in total. The van der Waals surface area contributed by atoms with Crippen LogP contribution in [-0.4, -0.2) is 22.7 Å². The lowest BCUT2D eigenvalue weighted by molar-refractivity contribution is 0.340. The van der Waals surface area contributed by atoms with E-state index in [0.717, 1.165) is 30.5 Å². The molecule has 1 heterocycles. The van der Waals surface area contributed by atoms with Crippen LogP contribution in [0.3, 0.4) is 0 Å². The van der Waals surface area contributed by atoms with Gasteiger partial charge in [0.2, 0.25) is 11.7 Å². The molecule has 4 heteroatoms. The van der Waals surface area contributed by atoms with Crippen LogP contribution in [0.5, 0.6) is 0 Å². The van der Waals surface area contributed by atoms with E-state index in [1.54, 1.807) is 0 Å². The first-order valence-electron chi connectivity index (χ1n) is 7.72. The Hall–Kier alpha value is -1.68. The summed E-state index contributed by atoms with van der Waals surface area (Å²) in [5.41, 5.74) is 2.20. The van der Waals surface area contributed by atoms with Gasteiger partial charge in [-0.05, 0) is 31.4 Å². The van der Waals surface area contributed by atoms with Gasteiger partial charge in [0.15, 0.2) is 0 Å². The van der Waals surface area contributed by atoms with Crippen molar-refractivity contribution in [1.82, 2.24) is 15.5 Å². The molecule has 21 heavy (non-hydrogen) atoms. The smallest absolute Gasteiger partial charge is 0.228 e. The number of rotatable bonds is 7. The first kappa shape index (κ1) is 15.7. The monoisotopic (exact) mass is 287 g/mol. The van der Waals surface area contributed by atoms with E-state index in [1.165, 1.54) is 0 Å². The molecule has 4 nitrogen and oxygen atoms in total. The van der Waals surface area contributed by atoms with Crippen LogP contribution in [0.15, 0.2) is 28.8 Å². The van der Waals surface area contributed by atoms with Crippen LogP contribution in [0.1, 0.15) is 38.6 Å². The Bertz CT molecular complexity index is 563. The van der Waals surface area contributed by atoms with Gasteiger partial charge in [-0.25, -0.2) is 0 Å². The standard InChI is InChI=1S/C17H25N3O/c1-5-18-14(10-12(2)3)11-16-19-17(20-21-16)15-9-7-6-8-13(15)4/h6-9,12,14,18H,5,10-11H2,1-4H3. The molecule has 2 rings (SSSR count). The van der Waals surface area contributed by atoms with Gasteiger partial charge in [0.05, 0.1) is 0 Å². The van der Waals surface area contributed by atoms with Gasteiger partial charge >= 0.3 is 0 Å². The van der Waals surface area contributed by atoms with Gasteiger partial charge in [0, 0.05) is 18.0 Å². The van der Waals surface area contributed by atoms with Crippen molar-refractivity contribution in [2.45, 2.75) is 46.6 Å². The van der Waals surface area contributed by atoms with Crippen LogP contribution in [0.25, 0.3) is 11.4 Å². The predicted molar refractivity (Wildman–Crippen MR) is 85.1 cm³/mol. The fraction of sp³-hybridized carbons (Fsp3) is 0.529. The van der Waals surface area contributed by atoms with Gasteiger partial charge in [0.1, 0.15) is 0 Å². The molecular formula is C17H25N3O. The van der Waals surface area contributed by atoms with E-state index in [4.69, 9.17) is 4.52 Å². The lowest BCUT2D eigenvalue weighted by Crippen LogP contribution is -2.32. The van der Waals surface area contributed by atoms with Crippen molar-refractivity contribution in [1.29, 1.82) is 0 Å². The third-order valence-corrected chi connectivity index (χ3v) is 3.52. The Morgan fingerprint density at radius 1 is 1.24 bits per heavy atom. The molecule has 114 valence electrons. The van der Waals surface area contributed by atoms with Crippen LogP contribution >= 0.6 is 0 Å². The average molecular weight is 287 g/mol. The summed E-state index contributed by atoms with van der Waals surface area (Å²) in [5.74, 6) is 2.04. The predicted octanol–water partition coefficient (Wildman–Crippen LogP) is 3.61. The fourth-order valence-electron chi connectivity index (χ4n) is 2.58. The molecule has 0 aliphatic carbocycles. The second-order valence-corrected chi connectivity index (χ2v) is 5.91. The zero-order valence-electron chi connectivity index (χ0n) is 13.4. The van der Waals surface area contributed by atoms with Crippen LogP contribution < -0.4 is 5.32 Å². The Morgan fingerprint density at radius 3 is 2.67 bits per heavy atom. The molecule has 0 radical (unpaired) electrons. The highest BCUT2D eigenvalue weighted by atomic mass is 16.5. The van der Waals surface area contributed by atoms with E-state index < -0.39 is 0 Å². The van der Waals surface area contributed by atoms with Crippen LogP contribution in [0.4, 0.5) is 0 Å². The minimum absolute atomic E-state index is 0.389. The Morgan fingerprint density at radius 2 is 2.00 bits per heavy atom. The molecular weight excluding hydrogens is 262 g/mol. The molecule has 0 bridgehead atoms. The highest BCUT2D eigenvalue weighted by Crippen LogP contribution is 2.20. The van der Waals surface area contributed by atoms with E-state index in [9.17, 15) is 0 Å². The molecule has 1 atom stereocenters. The molecule has 0 saturated carbocycles. The van der Waals surface area contributed by atoms with Crippen LogP contribution in [0.2, 0.25) is 0 Å². The summed E-state index contributed by atoms with van der Waals surface area (Å²) in [4.78, 5) is 4.55. The number of nitrogens with zero attached hydrogens (tertiary/aromatic N) is 2. The summed E-state index contributed by atoms with van der Waals surface area (Å²) < 4.78 is 5.43. The summed E-state index contributed by atoms with van der Waals surface area (Å²) in [6.45, 7) is 9.61. The number of hydrogen-bond donors (Lipinski definition) is 1. The highest BCUT2D eigenvalue weighted by molar-refractivity contribution is 5.58. The molecule has 0 spiro atoms. The zero-order valence-corrected chi connectivity index (χ0v) is 13.4. The summed E-state index contributed by atoms with van der Waals surface area (Å²) in [7, 11) is 0. The van der Waals surface area contributed by atoms with E-state index in [-0.39, 0.29) is 0 Å². The van der Waals surface area contributed by atoms with Gasteiger partial charge in [-0.15, -0.1) is 0 Å². The largest absolute Gasteiger partial charge is 0.339 e. The minimum atomic E-state index is 0.389. The third-order valence-electron chi connectivity index (χ3n) is 3.52. The number of aryl methyl sites for hydroxylation is 1. The van der Waals surface area contributed by atoms with E-state index >= 15 is 0 Å². The van der Waals surface area contributed by atoms with Crippen molar-refractivity contribution < 1.29 is 4.52 Å². The first-order chi connectivity index (χ1) is 10.1. The third kappa shape index (κ3) is 4.39. The minimum Gasteiger partial charge on any atom is -0.339 e. The summed E-state index contributed by atoms with van der Waals surface area (Å²) in [6, 6.07) is 8.49. The molecule has 0 fully saturated rings. The second-order valence-electron chi connectivity index (χ2n) is 5.91.